The van der Waals surface area contributed by atoms with Gasteiger partial charge in [-0.25, -0.2) is 12.7 Å². The molecule has 0 aliphatic rings. The number of alkyl halides is 1. The van der Waals surface area contributed by atoms with Crippen LogP contribution in [-0.4, -0.2) is 38.1 Å². The third kappa shape index (κ3) is 3.30. The summed E-state index contributed by atoms with van der Waals surface area (Å²) in [6.07, 6.45) is 0. The molecule has 1 amide bonds. The van der Waals surface area contributed by atoms with Gasteiger partial charge in [0.1, 0.15) is 0 Å². The molecule has 18 heavy (non-hydrogen) atoms. The summed E-state index contributed by atoms with van der Waals surface area (Å²) < 4.78 is 25.3. The Morgan fingerprint density at radius 1 is 1.39 bits per heavy atom. The molecule has 0 saturated heterocycles. The highest BCUT2D eigenvalue weighted by Crippen LogP contribution is 2.22. The van der Waals surface area contributed by atoms with E-state index in [1.807, 2.05) is 0 Å². The lowest BCUT2D eigenvalue weighted by Crippen LogP contribution is -2.23. The smallest absolute Gasteiger partial charge is 0.242 e. The first-order chi connectivity index (χ1) is 8.28. The predicted octanol–water partition coefficient (Wildman–Crippen LogP) is 1.58. The summed E-state index contributed by atoms with van der Waals surface area (Å²) in [7, 11) is -0.561. The third-order valence-electron chi connectivity index (χ3n) is 2.35. The van der Waals surface area contributed by atoms with Gasteiger partial charge in [-0.15, -0.1) is 0 Å². The quantitative estimate of drug-likeness (QED) is 0.850. The topological polar surface area (TPSA) is 66.5 Å². The van der Waals surface area contributed by atoms with E-state index in [9.17, 15) is 13.2 Å². The Hall–Kier alpha value is -0.920. The summed E-state index contributed by atoms with van der Waals surface area (Å²) in [6.45, 7) is 1.71. The minimum Gasteiger partial charge on any atom is -0.325 e. The van der Waals surface area contributed by atoms with Crippen LogP contribution in [0.3, 0.4) is 0 Å². The number of hydrogen-bond donors (Lipinski definition) is 1. The van der Waals surface area contributed by atoms with E-state index in [4.69, 9.17) is 0 Å². The molecule has 0 atom stereocenters. The van der Waals surface area contributed by atoms with Crippen LogP contribution in [0.15, 0.2) is 23.1 Å². The molecule has 0 heterocycles. The van der Waals surface area contributed by atoms with E-state index < -0.39 is 10.0 Å². The van der Waals surface area contributed by atoms with Crippen LogP contribution in [-0.2, 0) is 14.8 Å². The molecule has 1 rings (SSSR count). The van der Waals surface area contributed by atoms with Gasteiger partial charge in [0.15, 0.2) is 0 Å². The molecule has 5 nitrogen and oxygen atoms in total. The number of nitrogens with one attached hydrogen (secondary N) is 1. The van der Waals surface area contributed by atoms with Gasteiger partial charge in [-0.2, -0.15) is 0 Å². The van der Waals surface area contributed by atoms with Crippen molar-refractivity contribution in [3.8, 4) is 0 Å². The van der Waals surface area contributed by atoms with E-state index in [-0.39, 0.29) is 16.1 Å². The van der Waals surface area contributed by atoms with Crippen molar-refractivity contribution < 1.29 is 13.2 Å². The van der Waals surface area contributed by atoms with Crippen LogP contribution in [0.1, 0.15) is 5.56 Å². The van der Waals surface area contributed by atoms with Gasteiger partial charge < -0.3 is 5.32 Å². The second-order valence-electron chi connectivity index (χ2n) is 3.95. The van der Waals surface area contributed by atoms with Gasteiger partial charge in [-0.3, -0.25) is 4.79 Å². The van der Waals surface area contributed by atoms with Gasteiger partial charge >= 0.3 is 0 Å². The molecule has 0 spiro atoms. The van der Waals surface area contributed by atoms with Crippen LogP contribution in [0.25, 0.3) is 0 Å². The van der Waals surface area contributed by atoms with Crippen LogP contribution >= 0.6 is 15.9 Å². The van der Waals surface area contributed by atoms with Gasteiger partial charge in [-0.05, 0) is 24.6 Å². The van der Waals surface area contributed by atoms with E-state index in [1.54, 1.807) is 19.1 Å². The predicted molar refractivity (Wildman–Crippen MR) is 74.5 cm³/mol. The Balaban J connectivity index is 3.22. The summed E-state index contributed by atoms with van der Waals surface area (Å²) in [6, 6.07) is 4.80. The second kappa shape index (κ2) is 5.81. The minimum atomic E-state index is -3.50. The molecular weight excluding hydrogens is 320 g/mol. The number of nitrogens with zero attached hydrogens (tertiary/aromatic N) is 1. The summed E-state index contributed by atoms with van der Waals surface area (Å²) in [5.74, 6) is -0.230. The Bertz CT molecular complexity index is 555. The highest BCUT2D eigenvalue weighted by atomic mass is 79.9. The van der Waals surface area contributed by atoms with Crippen LogP contribution in [0.4, 0.5) is 5.69 Å². The van der Waals surface area contributed by atoms with Gasteiger partial charge in [0.2, 0.25) is 15.9 Å². The lowest BCUT2D eigenvalue weighted by Gasteiger charge is -2.14. The molecular formula is C11H15BrN2O3S. The number of carbonyl (C=O) groups is 1. The SMILES string of the molecule is Cc1ccc(NC(=O)CBr)cc1S(=O)(=O)N(C)C. The van der Waals surface area contributed by atoms with Crippen molar-refractivity contribution in [1.82, 2.24) is 4.31 Å². The molecule has 1 aromatic rings. The fourth-order valence-corrected chi connectivity index (χ4v) is 2.63. The average Bonchev–Trinajstić information content (AvgIpc) is 2.31. The van der Waals surface area contributed by atoms with E-state index >= 15 is 0 Å². The number of anilines is 1. The molecule has 0 fully saturated rings. The summed E-state index contributed by atoms with van der Waals surface area (Å²) in [5.41, 5.74) is 1.10. The maximum atomic E-state index is 12.1. The maximum absolute atomic E-state index is 12.1. The zero-order valence-electron chi connectivity index (χ0n) is 10.4. The number of benzene rings is 1. The Kier molecular flexibility index (Phi) is 4.89. The lowest BCUT2D eigenvalue weighted by molar-refractivity contribution is -0.113. The minimum absolute atomic E-state index is 0.163. The Morgan fingerprint density at radius 2 is 2.00 bits per heavy atom. The molecule has 0 unspecified atom stereocenters. The van der Waals surface area contributed by atoms with E-state index in [0.717, 1.165) is 4.31 Å². The van der Waals surface area contributed by atoms with Crippen LogP contribution < -0.4 is 5.32 Å². The van der Waals surface area contributed by atoms with Gasteiger partial charge in [0.25, 0.3) is 0 Å². The molecule has 1 N–H and O–H groups in total. The second-order valence-corrected chi connectivity index (χ2v) is 6.63. The number of sulfonamides is 1. The zero-order chi connectivity index (χ0) is 13.9. The van der Waals surface area contributed by atoms with Crippen LogP contribution in [0.5, 0.6) is 0 Å². The van der Waals surface area contributed by atoms with Crippen molar-refractivity contribution in [2.75, 3.05) is 24.7 Å². The lowest BCUT2D eigenvalue weighted by atomic mass is 10.2. The molecule has 7 heteroatoms. The monoisotopic (exact) mass is 334 g/mol. The van der Waals surface area contributed by atoms with Crippen LogP contribution in [0, 0.1) is 6.92 Å². The van der Waals surface area contributed by atoms with Crippen LogP contribution in [0.2, 0.25) is 0 Å². The zero-order valence-corrected chi connectivity index (χ0v) is 12.8. The largest absolute Gasteiger partial charge is 0.325 e. The van der Waals surface area contributed by atoms with Crippen molar-refractivity contribution >= 4 is 37.5 Å². The summed E-state index contributed by atoms with van der Waals surface area (Å²) in [5, 5.41) is 2.76. The van der Waals surface area contributed by atoms with Crippen molar-refractivity contribution in [3.05, 3.63) is 23.8 Å². The number of amides is 1. The highest BCUT2D eigenvalue weighted by Gasteiger charge is 2.20. The molecule has 100 valence electrons. The number of halogens is 1. The Labute approximate surface area is 115 Å². The van der Waals surface area contributed by atoms with E-state index in [2.05, 4.69) is 21.2 Å². The van der Waals surface area contributed by atoms with E-state index in [0.29, 0.717) is 11.3 Å². The van der Waals surface area contributed by atoms with Gasteiger partial charge in [0, 0.05) is 19.8 Å². The number of rotatable bonds is 4. The third-order valence-corrected chi connectivity index (χ3v) is 4.82. The van der Waals surface area contributed by atoms with Crippen molar-refractivity contribution in [3.63, 3.8) is 0 Å². The summed E-state index contributed by atoms with van der Waals surface area (Å²) in [4.78, 5) is 11.4. The fourth-order valence-electron chi connectivity index (χ4n) is 1.35. The molecule has 0 radical (unpaired) electrons. The number of aryl methyl sites for hydroxylation is 1. The summed E-state index contributed by atoms with van der Waals surface area (Å²) >= 11 is 3.03. The average molecular weight is 335 g/mol. The normalized spacial score (nSPS) is 11.6. The molecule has 0 aromatic heterocycles. The molecule has 0 aliphatic carbocycles. The molecule has 0 saturated carbocycles. The maximum Gasteiger partial charge on any atom is 0.242 e. The fraction of sp³-hybridized carbons (Fsp3) is 0.364. The molecule has 0 bridgehead atoms. The van der Waals surface area contributed by atoms with Gasteiger partial charge in [-0.1, -0.05) is 22.0 Å². The molecule has 0 aliphatic heterocycles. The van der Waals surface area contributed by atoms with E-state index in [1.165, 1.54) is 20.2 Å². The first-order valence-electron chi connectivity index (χ1n) is 5.18. The number of carbonyl (C=O) groups excluding carboxylic acids is 1. The Morgan fingerprint density at radius 3 is 2.50 bits per heavy atom. The van der Waals surface area contributed by atoms with Gasteiger partial charge in [0.05, 0.1) is 10.2 Å². The van der Waals surface area contributed by atoms with Crippen molar-refractivity contribution in [2.45, 2.75) is 11.8 Å². The first-order valence-corrected chi connectivity index (χ1v) is 7.74. The molecule has 1 aromatic carbocycles. The highest BCUT2D eigenvalue weighted by molar-refractivity contribution is 9.09. The standard InChI is InChI=1S/C11H15BrN2O3S/c1-8-4-5-9(13-11(15)7-12)6-10(8)18(16,17)14(2)3/h4-6H,7H2,1-3H3,(H,13,15). The van der Waals surface area contributed by atoms with Crippen molar-refractivity contribution in [1.29, 1.82) is 0 Å². The number of hydrogen-bond acceptors (Lipinski definition) is 3. The first kappa shape index (κ1) is 15.1. The van der Waals surface area contributed by atoms with Crippen molar-refractivity contribution in [2.24, 2.45) is 0 Å².